The second-order valence-electron chi connectivity index (χ2n) is 6.17. The Morgan fingerprint density at radius 2 is 1.82 bits per heavy atom. The average molecular weight is 245 g/mol. The predicted molar refractivity (Wildman–Crippen MR) is 78.1 cm³/mol. The molecule has 2 unspecified atom stereocenters. The van der Waals surface area contributed by atoms with Crippen molar-refractivity contribution in [3.63, 3.8) is 0 Å². The molecule has 1 aliphatic heterocycles. The molecule has 1 heterocycles. The molecule has 1 aliphatic rings. The molecule has 2 atom stereocenters. The smallest absolute Gasteiger partial charge is 0.0538 e. The number of benzene rings is 1. The Bertz CT molecular complexity index is 419. The molecule has 0 saturated carbocycles. The monoisotopic (exact) mass is 245 g/mol. The lowest BCUT2D eigenvalue weighted by atomic mass is 9.92. The fourth-order valence-electron chi connectivity index (χ4n) is 2.88. The molecule has 1 aromatic carbocycles. The van der Waals surface area contributed by atoms with Crippen LogP contribution in [0.4, 0.5) is 0 Å². The first-order chi connectivity index (χ1) is 7.95. The van der Waals surface area contributed by atoms with E-state index in [0.717, 1.165) is 5.54 Å². The average Bonchev–Trinajstić information content (AvgIpc) is 2.27. The van der Waals surface area contributed by atoms with Crippen LogP contribution < -0.4 is 0 Å². The van der Waals surface area contributed by atoms with Gasteiger partial charge in [-0.05, 0) is 23.7 Å². The molecule has 17 heavy (non-hydrogen) atoms. The van der Waals surface area contributed by atoms with Gasteiger partial charge in [-0.25, -0.2) is 0 Å². The van der Waals surface area contributed by atoms with Gasteiger partial charge >= 0.3 is 0 Å². The fraction of sp³-hybridized carbons (Fsp3) is 0.467. The van der Waals surface area contributed by atoms with Crippen molar-refractivity contribution in [3.05, 3.63) is 48.0 Å². The third kappa shape index (κ3) is 2.24. The summed E-state index contributed by atoms with van der Waals surface area (Å²) >= 11 is 0. The normalized spacial score (nSPS) is 25.4. The van der Waals surface area contributed by atoms with E-state index < -0.39 is 8.07 Å². The molecule has 92 valence electrons. The lowest BCUT2D eigenvalue weighted by Gasteiger charge is -2.42. The van der Waals surface area contributed by atoms with Gasteiger partial charge in [0.15, 0.2) is 0 Å². The third-order valence-electron chi connectivity index (χ3n) is 3.90. The van der Waals surface area contributed by atoms with Crippen LogP contribution in [0.15, 0.2) is 36.9 Å². The van der Waals surface area contributed by atoms with Crippen LogP contribution in [0.5, 0.6) is 0 Å². The van der Waals surface area contributed by atoms with E-state index in [2.05, 4.69) is 68.5 Å². The van der Waals surface area contributed by atoms with Gasteiger partial charge < -0.3 is 0 Å². The largest absolute Gasteiger partial charge is 0.296 e. The third-order valence-corrected chi connectivity index (χ3v) is 6.49. The van der Waals surface area contributed by atoms with Gasteiger partial charge in [0, 0.05) is 6.54 Å². The van der Waals surface area contributed by atoms with E-state index in [-0.39, 0.29) is 0 Å². The highest BCUT2D eigenvalue weighted by Gasteiger charge is 2.36. The van der Waals surface area contributed by atoms with E-state index in [0.29, 0.717) is 6.04 Å². The first-order valence-corrected chi connectivity index (χ1v) is 9.94. The van der Waals surface area contributed by atoms with E-state index in [4.69, 9.17) is 0 Å². The summed E-state index contributed by atoms with van der Waals surface area (Å²) in [5.41, 5.74) is 3.76. The second-order valence-corrected chi connectivity index (χ2v) is 11.6. The van der Waals surface area contributed by atoms with Crippen LogP contribution in [0.1, 0.15) is 22.7 Å². The van der Waals surface area contributed by atoms with Crippen molar-refractivity contribution < 1.29 is 0 Å². The summed E-state index contributed by atoms with van der Waals surface area (Å²) in [6.07, 6.45) is 2.07. The minimum atomic E-state index is -1.17. The molecule has 0 spiro atoms. The van der Waals surface area contributed by atoms with Crippen LogP contribution in [0.3, 0.4) is 0 Å². The van der Waals surface area contributed by atoms with Crippen molar-refractivity contribution in [3.8, 4) is 0 Å². The number of nitrogens with zero attached hydrogens (tertiary/aromatic N) is 1. The Balaban J connectivity index is 2.52. The number of hydrogen-bond donors (Lipinski definition) is 0. The standard InChI is InChI=1S/C15H23NSi/c1-6-14-12-9-7-8-10-13(12)15(11-16(14)2)17(3,4)5/h6-10,14-15H,1,11H2,2-5H3. The molecule has 0 radical (unpaired) electrons. The molecule has 2 heteroatoms. The van der Waals surface area contributed by atoms with Crippen LogP contribution in [-0.4, -0.2) is 26.6 Å². The zero-order valence-electron chi connectivity index (χ0n) is 11.4. The molecule has 0 aliphatic carbocycles. The van der Waals surface area contributed by atoms with E-state index in [9.17, 15) is 0 Å². The topological polar surface area (TPSA) is 3.24 Å². The molecule has 2 rings (SSSR count). The van der Waals surface area contributed by atoms with Crippen LogP contribution in [0.25, 0.3) is 0 Å². The Labute approximate surface area is 106 Å². The quantitative estimate of drug-likeness (QED) is 0.565. The number of rotatable bonds is 2. The zero-order chi connectivity index (χ0) is 12.6. The number of hydrogen-bond acceptors (Lipinski definition) is 1. The van der Waals surface area contributed by atoms with Crippen molar-refractivity contribution in [2.24, 2.45) is 0 Å². The molecule has 0 saturated heterocycles. The van der Waals surface area contributed by atoms with Crippen molar-refractivity contribution in [1.82, 2.24) is 4.90 Å². The number of likely N-dealkylation sites (N-methyl/N-ethyl adjacent to an activating group) is 1. The summed E-state index contributed by atoms with van der Waals surface area (Å²) in [7, 11) is 1.05. The molecule has 0 fully saturated rings. The summed E-state index contributed by atoms with van der Waals surface area (Å²) in [5, 5.41) is 0. The molecule has 0 amide bonds. The molecule has 0 aromatic heterocycles. The van der Waals surface area contributed by atoms with E-state index in [1.54, 1.807) is 5.56 Å². The van der Waals surface area contributed by atoms with Crippen LogP contribution in [-0.2, 0) is 0 Å². The highest BCUT2D eigenvalue weighted by Crippen LogP contribution is 2.39. The van der Waals surface area contributed by atoms with Gasteiger partial charge in [-0.3, -0.25) is 4.90 Å². The highest BCUT2D eigenvalue weighted by molar-refractivity contribution is 6.77. The summed E-state index contributed by atoms with van der Waals surface area (Å²) in [6, 6.07) is 9.30. The second kappa shape index (κ2) is 4.43. The summed E-state index contributed by atoms with van der Waals surface area (Å²) in [6.45, 7) is 12.6. The Morgan fingerprint density at radius 3 is 2.35 bits per heavy atom. The van der Waals surface area contributed by atoms with E-state index in [1.165, 1.54) is 12.1 Å². The van der Waals surface area contributed by atoms with E-state index >= 15 is 0 Å². The predicted octanol–water partition coefficient (Wildman–Crippen LogP) is 3.82. The fourth-order valence-corrected chi connectivity index (χ4v) is 4.91. The molecule has 1 aromatic rings. The van der Waals surface area contributed by atoms with Crippen molar-refractivity contribution >= 4 is 8.07 Å². The van der Waals surface area contributed by atoms with Gasteiger partial charge in [0.1, 0.15) is 0 Å². The summed E-state index contributed by atoms with van der Waals surface area (Å²) in [4.78, 5) is 2.44. The molecular weight excluding hydrogens is 222 g/mol. The van der Waals surface area contributed by atoms with Gasteiger partial charge in [0.25, 0.3) is 0 Å². The summed E-state index contributed by atoms with van der Waals surface area (Å²) < 4.78 is 0. The molecule has 0 N–H and O–H groups in total. The van der Waals surface area contributed by atoms with Crippen molar-refractivity contribution in [2.45, 2.75) is 31.2 Å². The van der Waals surface area contributed by atoms with Crippen molar-refractivity contribution in [2.75, 3.05) is 13.6 Å². The van der Waals surface area contributed by atoms with Gasteiger partial charge in [-0.2, -0.15) is 0 Å². The van der Waals surface area contributed by atoms with Gasteiger partial charge in [0.2, 0.25) is 0 Å². The van der Waals surface area contributed by atoms with E-state index in [1.807, 2.05) is 0 Å². The summed E-state index contributed by atoms with van der Waals surface area (Å²) in [5.74, 6) is 0. The van der Waals surface area contributed by atoms with Crippen LogP contribution in [0.2, 0.25) is 19.6 Å². The maximum absolute atomic E-state index is 3.99. The lowest BCUT2D eigenvalue weighted by Crippen LogP contribution is -2.44. The number of fused-ring (bicyclic) bond motifs is 1. The molecule has 0 bridgehead atoms. The maximum atomic E-state index is 3.99. The van der Waals surface area contributed by atoms with Crippen molar-refractivity contribution in [1.29, 1.82) is 0 Å². The van der Waals surface area contributed by atoms with Gasteiger partial charge in [-0.1, -0.05) is 50.0 Å². The Kier molecular flexibility index (Phi) is 3.28. The SMILES string of the molecule is C=CC1c2ccccc2C([Si](C)(C)C)CN1C. The maximum Gasteiger partial charge on any atom is 0.0538 e. The van der Waals surface area contributed by atoms with Crippen LogP contribution >= 0.6 is 0 Å². The first-order valence-electron chi connectivity index (χ1n) is 6.36. The highest BCUT2D eigenvalue weighted by atomic mass is 28.3. The van der Waals surface area contributed by atoms with Crippen LogP contribution in [0, 0.1) is 0 Å². The van der Waals surface area contributed by atoms with Gasteiger partial charge in [0.05, 0.1) is 14.1 Å². The van der Waals surface area contributed by atoms with Gasteiger partial charge in [-0.15, -0.1) is 6.58 Å². The first kappa shape index (κ1) is 12.6. The molecule has 1 nitrogen and oxygen atoms in total. The minimum Gasteiger partial charge on any atom is -0.296 e. The Morgan fingerprint density at radius 1 is 1.24 bits per heavy atom. The minimum absolute atomic E-state index is 0.388. The Hall–Kier alpha value is -0.863. The lowest BCUT2D eigenvalue weighted by molar-refractivity contribution is 0.264. The molecular formula is C15H23NSi. The zero-order valence-corrected chi connectivity index (χ0v) is 12.4.